The van der Waals surface area contributed by atoms with Crippen LogP contribution in [0.1, 0.15) is 27.5 Å². The lowest BCUT2D eigenvalue weighted by Crippen LogP contribution is -2.51. The van der Waals surface area contributed by atoms with E-state index in [1.54, 1.807) is 12.0 Å². The number of urea groups is 1. The first-order chi connectivity index (χ1) is 14.0. The predicted molar refractivity (Wildman–Crippen MR) is 105 cm³/mol. The number of carbonyl (C=O) groups is 2. The Kier molecular flexibility index (Phi) is 6.66. The van der Waals surface area contributed by atoms with Crippen LogP contribution in [0.5, 0.6) is 5.75 Å². The van der Waals surface area contributed by atoms with Crippen LogP contribution in [0.2, 0.25) is 0 Å². The molecule has 0 aliphatic carbocycles. The smallest absolute Gasteiger partial charge is 0.337 e. The van der Waals surface area contributed by atoms with Crippen molar-refractivity contribution in [1.29, 1.82) is 0 Å². The molecule has 2 amide bonds. The van der Waals surface area contributed by atoms with Gasteiger partial charge in [-0.3, -0.25) is 0 Å². The fraction of sp³-hybridized carbons (Fsp3) is 0.333. The molecule has 8 heteroatoms. The quantitative estimate of drug-likeness (QED) is 0.753. The average Bonchev–Trinajstić information content (AvgIpc) is 2.77. The molecule has 3 rings (SSSR count). The Balaban J connectivity index is 1.69. The molecule has 0 spiro atoms. The third kappa shape index (κ3) is 4.83. The maximum atomic E-state index is 14.3. The molecule has 2 aromatic rings. The van der Waals surface area contributed by atoms with Crippen molar-refractivity contribution < 1.29 is 23.5 Å². The van der Waals surface area contributed by atoms with Crippen molar-refractivity contribution in [3.8, 4) is 5.75 Å². The summed E-state index contributed by atoms with van der Waals surface area (Å²) >= 11 is 0. The van der Waals surface area contributed by atoms with Crippen LogP contribution >= 0.6 is 0 Å². The first-order valence-corrected chi connectivity index (χ1v) is 9.29. The molecule has 1 fully saturated rings. The van der Waals surface area contributed by atoms with Crippen molar-refractivity contribution in [2.75, 3.05) is 33.9 Å². The van der Waals surface area contributed by atoms with Gasteiger partial charge in [-0.1, -0.05) is 18.2 Å². The van der Waals surface area contributed by atoms with Crippen LogP contribution in [0.4, 0.5) is 9.18 Å². The lowest BCUT2D eigenvalue weighted by Gasteiger charge is -2.36. The van der Waals surface area contributed by atoms with Crippen LogP contribution in [-0.2, 0) is 11.3 Å². The van der Waals surface area contributed by atoms with E-state index < -0.39 is 11.8 Å². The summed E-state index contributed by atoms with van der Waals surface area (Å²) in [5, 5.41) is 6.07. The van der Waals surface area contributed by atoms with Gasteiger partial charge in [0, 0.05) is 31.7 Å². The summed E-state index contributed by atoms with van der Waals surface area (Å²) in [6.07, 6.45) is 0. The number of hydrogen-bond acceptors (Lipinski definition) is 5. The summed E-state index contributed by atoms with van der Waals surface area (Å²) in [4.78, 5) is 26.0. The van der Waals surface area contributed by atoms with E-state index in [0.29, 0.717) is 25.2 Å². The molecule has 7 nitrogen and oxygen atoms in total. The van der Waals surface area contributed by atoms with Gasteiger partial charge >= 0.3 is 12.0 Å². The molecule has 1 aliphatic heterocycles. The van der Waals surface area contributed by atoms with E-state index in [2.05, 4.69) is 15.4 Å². The van der Waals surface area contributed by atoms with Crippen molar-refractivity contribution in [2.24, 2.45) is 0 Å². The number of ether oxygens (including phenoxy) is 2. The van der Waals surface area contributed by atoms with E-state index in [-0.39, 0.29) is 24.2 Å². The van der Waals surface area contributed by atoms with Crippen LogP contribution in [0.15, 0.2) is 42.5 Å². The summed E-state index contributed by atoms with van der Waals surface area (Å²) in [6.45, 7) is 1.83. The fourth-order valence-corrected chi connectivity index (χ4v) is 3.30. The minimum Gasteiger partial charge on any atom is -0.497 e. The van der Waals surface area contributed by atoms with Crippen LogP contribution in [-0.4, -0.2) is 50.8 Å². The molecule has 0 aromatic heterocycles. The van der Waals surface area contributed by atoms with Gasteiger partial charge in [-0.15, -0.1) is 0 Å². The molecule has 0 radical (unpaired) electrons. The monoisotopic (exact) mass is 401 g/mol. The minimum atomic E-state index is -0.610. The highest BCUT2D eigenvalue weighted by Crippen LogP contribution is 2.25. The highest BCUT2D eigenvalue weighted by molar-refractivity contribution is 5.89. The van der Waals surface area contributed by atoms with Gasteiger partial charge in [0.25, 0.3) is 0 Å². The first kappa shape index (κ1) is 20.6. The summed E-state index contributed by atoms with van der Waals surface area (Å²) in [7, 11) is 2.84. The first-order valence-electron chi connectivity index (χ1n) is 9.29. The standard InChI is InChI=1S/C21H24FN3O4/c1-28-17-5-3-4-14(10-17)19-13-23-8-9-25(19)21(27)24-12-16-7-6-15(11-18(16)22)20(26)29-2/h3-7,10-11,19,23H,8-9,12-13H2,1-2H3,(H,24,27). The third-order valence-electron chi connectivity index (χ3n) is 4.89. The number of nitrogens with one attached hydrogen (secondary N) is 2. The maximum absolute atomic E-state index is 14.3. The second-order valence-corrected chi connectivity index (χ2v) is 6.65. The molecule has 1 saturated heterocycles. The number of methoxy groups -OCH3 is 2. The molecule has 2 N–H and O–H groups in total. The zero-order chi connectivity index (χ0) is 20.8. The molecule has 0 bridgehead atoms. The summed E-state index contributed by atoms with van der Waals surface area (Å²) in [6, 6.07) is 11.2. The lowest BCUT2D eigenvalue weighted by molar-refractivity contribution is 0.0600. The molecular weight excluding hydrogens is 377 g/mol. The van der Waals surface area contributed by atoms with Gasteiger partial charge in [0.1, 0.15) is 11.6 Å². The fourth-order valence-electron chi connectivity index (χ4n) is 3.30. The van der Waals surface area contributed by atoms with Gasteiger partial charge < -0.3 is 25.0 Å². The topological polar surface area (TPSA) is 79.9 Å². The molecule has 1 aliphatic rings. The van der Waals surface area contributed by atoms with E-state index >= 15 is 0 Å². The Morgan fingerprint density at radius 3 is 2.79 bits per heavy atom. The van der Waals surface area contributed by atoms with Gasteiger partial charge in [0.2, 0.25) is 0 Å². The zero-order valence-electron chi connectivity index (χ0n) is 16.4. The molecule has 154 valence electrons. The average molecular weight is 401 g/mol. The molecular formula is C21H24FN3O4. The lowest BCUT2D eigenvalue weighted by atomic mass is 10.0. The number of hydrogen-bond donors (Lipinski definition) is 2. The summed E-state index contributed by atoms with van der Waals surface area (Å²) < 4.78 is 24.1. The zero-order valence-corrected chi connectivity index (χ0v) is 16.4. The number of nitrogens with zero attached hydrogens (tertiary/aromatic N) is 1. The number of amides is 2. The molecule has 1 heterocycles. The Morgan fingerprint density at radius 2 is 2.07 bits per heavy atom. The number of piperazine rings is 1. The molecule has 1 atom stereocenters. The van der Waals surface area contributed by atoms with Crippen molar-refractivity contribution in [3.05, 3.63) is 65.0 Å². The highest BCUT2D eigenvalue weighted by Gasteiger charge is 2.28. The van der Waals surface area contributed by atoms with Gasteiger partial charge in [-0.05, 0) is 29.8 Å². The summed E-state index contributed by atoms with van der Waals surface area (Å²) in [5.74, 6) is -0.458. The Bertz CT molecular complexity index is 890. The molecule has 0 saturated carbocycles. The van der Waals surface area contributed by atoms with E-state index in [1.807, 2.05) is 24.3 Å². The van der Waals surface area contributed by atoms with E-state index in [9.17, 15) is 14.0 Å². The Morgan fingerprint density at radius 1 is 1.24 bits per heavy atom. The van der Waals surface area contributed by atoms with E-state index in [1.165, 1.54) is 19.2 Å². The number of esters is 1. The van der Waals surface area contributed by atoms with Crippen LogP contribution < -0.4 is 15.4 Å². The number of carbonyl (C=O) groups excluding carboxylic acids is 2. The van der Waals surface area contributed by atoms with Crippen LogP contribution in [0, 0.1) is 5.82 Å². The van der Waals surface area contributed by atoms with Crippen LogP contribution in [0.3, 0.4) is 0 Å². The van der Waals surface area contributed by atoms with E-state index in [4.69, 9.17) is 4.74 Å². The van der Waals surface area contributed by atoms with Crippen LogP contribution in [0.25, 0.3) is 0 Å². The SMILES string of the molecule is COC(=O)c1ccc(CNC(=O)N2CCNCC2c2cccc(OC)c2)c(F)c1. The number of halogens is 1. The Hall–Kier alpha value is -3.13. The third-order valence-corrected chi connectivity index (χ3v) is 4.89. The normalized spacial score (nSPS) is 16.2. The van der Waals surface area contributed by atoms with Crippen molar-refractivity contribution >= 4 is 12.0 Å². The number of rotatable bonds is 5. The second-order valence-electron chi connectivity index (χ2n) is 6.65. The van der Waals surface area contributed by atoms with Crippen molar-refractivity contribution in [1.82, 2.24) is 15.5 Å². The minimum absolute atomic E-state index is 0.0148. The van der Waals surface area contributed by atoms with Gasteiger partial charge in [0.05, 0.1) is 25.8 Å². The van der Waals surface area contributed by atoms with Gasteiger partial charge in [-0.2, -0.15) is 0 Å². The largest absolute Gasteiger partial charge is 0.497 e. The number of benzene rings is 2. The molecule has 2 aromatic carbocycles. The second kappa shape index (κ2) is 9.38. The predicted octanol–water partition coefficient (Wildman–Crippen LogP) is 2.48. The Labute approximate surface area is 168 Å². The maximum Gasteiger partial charge on any atom is 0.337 e. The molecule has 29 heavy (non-hydrogen) atoms. The van der Waals surface area contributed by atoms with E-state index in [0.717, 1.165) is 17.4 Å². The summed E-state index contributed by atoms with van der Waals surface area (Å²) in [5.41, 5.74) is 1.37. The molecule has 1 unspecified atom stereocenters. The van der Waals surface area contributed by atoms with Gasteiger partial charge in [-0.25, -0.2) is 14.0 Å². The van der Waals surface area contributed by atoms with Crippen molar-refractivity contribution in [2.45, 2.75) is 12.6 Å². The van der Waals surface area contributed by atoms with Crippen molar-refractivity contribution in [3.63, 3.8) is 0 Å². The van der Waals surface area contributed by atoms with Gasteiger partial charge in [0.15, 0.2) is 0 Å². The highest BCUT2D eigenvalue weighted by atomic mass is 19.1.